The van der Waals surface area contributed by atoms with Crippen molar-refractivity contribution in [3.63, 3.8) is 0 Å². The zero-order valence-corrected chi connectivity index (χ0v) is 13.9. The number of phenolic OH excluding ortho intramolecular Hbond substituents is 1. The molecule has 0 aliphatic heterocycles. The number of nitrogens with one attached hydrogen (secondary N) is 1. The second-order valence-corrected chi connectivity index (χ2v) is 5.45. The first-order valence-electron chi connectivity index (χ1n) is 7.77. The van der Waals surface area contributed by atoms with E-state index < -0.39 is 0 Å². The molecule has 124 valence electrons. The Kier molecular flexibility index (Phi) is 6.25. The summed E-state index contributed by atoms with van der Waals surface area (Å²) in [6.07, 6.45) is 5.09. The molecule has 0 aliphatic carbocycles. The van der Waals surface area contributed by atoms with Gasteiger partial charge in [0.25, 0.3) is 0 Å². The molecule has 0 bridgehead atoms. The van der Waals surface area contributed by atoms with Gasteiger partial charge < -0.3 is 10.4 Å². The van der Waals surface area contributed by atoms with Crippen molar-refractivity contribution >= 4 is 17.3 Å². The summed E-state index contributed by atoms with van der Waals surface area (Å²) in [5, 5.41) is 20.9. The van der Waals surface area contributed by atoms with E-state index in [1.807, 2.05) is 49.4 Å². The minimum Gasteiger partial charge on any atom is -0.506 e. The van der Waals surface area contributed by atoms with Gasteiger partial charge in [0.1, 0.15) is 11.4 Å². The molecule has 2 rings (SSSR count). The lowest BCUT2D eigenvalue weighted by atomic mass is 10.1. The van der Waals surface area contributed by atoms with Crippen LogP contribution in [0.5, 0.6) is 5.75 Å². The highest BCUT2D eigenvalue weighted by Crippen LogP contribution is 2.30. The molecule has 0 spiro atoms. The number of benzene rings is 2. The zero-order chi connectivity index (χ0) is 17.4. The fourth-order valence-electron chi connectivity index (χ4n) is 2.10. The number of hydrogen-bond acceptors (Lipinski definition) is 4. The normalized spacial score (nSPS) is 11.2. The summed E-state index contributed by atoms with van der Waals surface area (Å²) >= 11 is 0. The Morgan fingerprint density at radius 1 is 1.17 bits per heavy atom. The predicted molar refractivity (Wildman–Crippen MR) is 94.7 cm³/mol. The van der Waals surface area contributed by atoms with Gasteiger partial charge in [-0.1, -0.05) is 30.3 Å². The largest absolute Gasteiger partial charge is 0.506 e. The number of allylic oxidation sites excluding steroid dienone is 1. The number of aryl methyl sites for hydroxylation is 2. The highest BCUT2D eigenvalue weighted by Gasteiger charge is 2.02. The smallest absolute Gasteiger partial charge is 0.220 e. The van der Waals surface area contributed by atoms with Gasteiger partial charge in [0.05, 0.1) is 5.69 Å². The standard InChI is InChI=1S/C19H21N3O2/c1-14-7-3-4-9-17(14)21-22-18-13-16(10-11-19(18)24)8-5-6-12-20-15(2)23/h3-4,6-7,9-13,24H,5,8H2,1-2H3,(H,20,23). The monoisotopic (exact) mass is 323 g/mol. The van der Waals surface area contributed by atoms with Crippen LogP contribution in [0, 0.1) is 6.92 Å². The van der Waals surface area contributed by atoms with Crippen molar-refractivity contribution in [2.24, 2.45) is 10.2 Å². The quantitative estimate of drug-likeness (QED) is 0.756. The summed E-state index contributed by atoms with van der Waals surface area (Å²) in [6, 6.07) is 13.0. The molecule has 0 fully saturated rings. The molecule has 0 heterocycles. The van der Waals surface area contributed by atoms with Crippen LogP contribution in [-0.4, -0.2) is 11.0 Å². The highest BCUT2D eigenvalue weighted by atomic mass is 16.3. The van der Waals surface area contributed by atoms with Gasteiger partial charge in [-0.25, -0.2) is 0 Å². The summed E-state index contributed by atoms with van der Waals surface area (Å²) in [6.45, 7) is 3.43. The third kappa shape index (κ3) is 5.35. The van der Waals surface area contributed by atoms with Crippen molar-refractivity contribution in [3.05, 3.63) is 65.9 Å². The lowest BCUT2D eigenvalue weighted by Gasteiger charge is -2.03. The van der Waals surface area contributed by atoms with Crippen molar-refractivity contribution < 1.29 is 9.90 Å². The Balaban J connectivity index is 2.04. The number of hydrogen-bond donors (Lipinski definition) is 2. The van der Waals surface area contributed by atoms with Crippen molar-refractivity contribution in [2.75, 3.05) is 0 Å². The number of carbonyl (C=O) groups is 1. The maximum Gasteiger partial charge on any atom is 0.220 e. The van der Waals surface area contributed by atoms with Crippen molar-refractivity contribution in [2.45, 2.75) is 26.7 Å². The molecule has 0 aromatic heterocycles. The van der Waals surface area contributed by atoms with Crippen LogP contribution in [-0.2, 0) is 11.2 Å². The Labute approximate surface area is 141 Å². The van der Waals surface area contributed by atoms with Crippen LogP contribution in [0.1, 0.15) is 24.5 Å². The van der Waals surface area contributed by atoms with E-state index in [2.05, 4.69) is 15.5 Å². The maximum atomic E-state index is 10.8. The highest BCUT2D eigenvalue weighted by molar-refractivity contribution is 5.73. The first-order chi connectivity index (χ1) is 11.6. The molecule has 0 unspecified atom stereocenters. The summed E-state index contributed by atoms with van der Waals surface area (Å²) in [7, 11) is 0. The molecule has 2 N–H and O–H groups in total. The van der Waals surface area contributed by atoms with Crippen LogP contribution in [0.25, 0.3) is 0 Å². The molecule has 5 nitrogen and oxygen atoms in total. The fourth-order valence-corrected chi connectivity index (χ4v) is 2.10. The zero-order valence-electron chi connectivity index (χ0n) is 13.9. The van der Waals surface area contributed by atoms with E-state index in [4.69, 9.17) is 0 Å². The number of nitrogens with zero attached hydrogens (tertiary/aromatic N) is 2. The third-order valence-electron chi connectivity index (χ3n) is 3.42. The van der Waals surface area contributed by atoms with Gasteiger partial charge in [0, 0.05) is 6.92 Å². The van der Waals surface area contributed by atoms with Gasteiger partial charge in [0.15, 0.2) is 0 Å². The molecular weight excluding hydrogens is 302 g/mol. The lowest BCUT2D eigenvalue weighted by Crippen LogP contribution is -2.11. The lowest BCUT2D eigenvalue weighted by molar-refractivity contribution is -0.118. The van der Waals surface area contributed by atoms with Crippen molar-refractivity contribution in [1.82, 2.24) is 5.32 Å². The predicted octanol–water partition coefficient (Wildman–Crippen LogP) is 4.70. The van der Waals surface area contributed by atoms with Crippen molar-refractivity contribution in [1.29, 1.82) is 0 Å². The molecule has 24 heavy (non-hydrogen) atoms. The number of phenols is 1. The van der Waals surface area contributed by atoms with E-state index in [0.29, 0.717) is 5.69 Å². The molecule has 0 atom stereocenters. The number of rotatable bonds is 6. The van der Waals surface area contributed by atoms with E-state index in [0.717, 1.165) is 29.7 Å². The van der Waals surface area contributed by atoms with E-state index in [9.17, 15) is 9.90 Å². The number of aromatic hydroxyl groups is 1. The second-order valence-electron chi connectivity index (χ2n) is 5.45. The third-order valence-corrected chi connectivity index (χ3v) is 3.42. The average molecular weight is 323 g/mol. The SMILES string of the molecule is CC(=O)NC=CCCc1ccc(O)c(N=Nc2ccccc2C)c1. The average Bonchev–Trinajstić information content (AvgIpc) is 2.55. The summed E-state index contributed by atoms with van der Waals surface area (Å²) in [5.74, 6) is 0.0136. The molecule has 5 heteroatoms. The van der Waals surface area contributed by atoms with Crippen LogP contribution in [0.15, 0.2) is 65.0 Å². The summed E-state index contributed by atoms with van der Waals surface area (Å²) < 4.78 is 0. The molecule has 0 saturated heterocycles. The number of carbonyl (C=O) groups excluding carboxylic acids is 1. The Morgan fingerprint density at radius 3 is 2.67 bits per heavy atom. The van der Waals surface area contributed by atoms with Crippen LogP contribution in [0.3, 0.4) is 0 Å². The van der Waals surface area contributed by atoms with Gasteiger partial charge in [-0.2, -0.15) is 5.11 Å². The molecule has 1 amide bonds. The minimum absolute atomic E-state index is 0.0882. The first-order valence-corrected chi connectivity index (χ1v) is 7.77. The van der Waals surface area contributed by atoms with Gasteiger partial charge >= 0.3 is 0 Å². The Hall–Kier alpha value is -2.95. The topological polar surface area (TPSA) is 74.0 Å². The molecule has 2 aromatic carbocycles. The maximum absolute atomic E-state index is 10.8. The van der Waals surface area contributed by atoms with Crippen LogP contribution < -0.4 is 5.32 Å². The van der Waals surface area contributed by atoms with Crippen LogP contribution in [0.4, 0.5) is 11.4 Å². The molecule has 0 aliphatic rings. The van der Waals surface area contributed by atoms with Gasteiger partial charge in [-0.15, -0.1) is 5.11 Å². The number of amides is 1. The van der Waals surface area contributed by atoms with E-state index in [1.54, 1.807) is 12.3 Å². The van der Waals surface area contributed by atoms with E-state index >= 15 is 0 Å². The Morgan fingerprint density at radius 2 is 1.92 bits per heavy atom. The van der Waals surface area contributed by atoms with Gasteiger partial charge in [-0.05, 0) is 55.3 Å². The fraction of sp³-hybridized carbons (Fsp3) is 0.211. The minimum atomic E-state index is -0.0882. The Bertz CT molecular complexity index is 767. The summed E-state index contributed by atoms with van der Waals surface area (Å²) in [4.78, 5) is 10.8. The molecule has 0 radical (unpaired) electrons. The molecule has 0 saturated carbocycles. The van der Waals surface area contributed by atoms with E-state index in [-0.39, 0.29) is 11.7 Å². The van der Waals surface area contributed by atoms with Gasteiger partial charge in [0.2, 0.25) is 5.91 Å². The van der Waals surface area contributed by atoms with Crippen LogP contribution >= 0.6 is 0 Å². The summed E-state index contributed by atoms with van der Waals surface area (Å²) in [5.41, 5.74) is 3.29. The number of azo groups is 1. The van der Waals surface area contributed by atoms with Crippen molar-refractivity contribution in [3.8, 4) is 5.75 Å². The van der Waals surface area contributed by atoms with Gasteiger partial charge in [-0.3, -0.25) is 4.79 Å². The second kappa shape index (κ2) is 8.62. The molecular formula is C19H21N3O2. The molecule has 2 aromatic rings. The van der Waals surface area contributed by atoms with E-state index in [1.165, 1.54) is 6.92 Å². The first kappa shape index (κ1) is 17.4. The van der Waals surface area contributed by atoms with Crippen LogP contribution in [0.2, 0.25) is 0 Å².